The zero-order chi connectivity index (χ0) is 22.8. The van der Waals surface area contributed by atoms with Crippen molar-refractivity contribution in [1.82, 2.24) is 4.90 Å². The van der Waals surface area contributed by atoms with Crippen molar-refractivity contribution >= 4 is 27.7 Å². The predicted octanol–water partition coefficient (Wildman–Crippen LogP) is 2.89. The molecular weight excluding hydrogens is 416 g/mol. The van der Waals surface area contributed by atoms with Crippen molar-refractivity contribution in [2.45, 2.75) is 39.7 Å². The number of rotatable bonds is 6. The lowest BCUT2D eigenvalue weighted by atomic mass is 9.92. The summed E-state index contributed by atoms with van der Waals surface area (Å²) in [5.41, 5.74) is 1.05. The van der Waals surface area contributed by atoms with E-state index in [1.54, 1.807) is 31.2 Å². The highest BCUT2D eigenvalue weighted by molar-refractivity contribution is 7.91. The number of benzene rings is 1. The Bertz CT molecular complexity index is 1110. The highest BCUT2D eigenvalue weighted by atomic mass is 32.2. The van der Waals surface area contributed by atoms with E-state index in [9.17, 15) is 23.3 Å². The van der Waals surface area contributed by atoms with Gasteiger partial charge in [0.05, 0.1) is 24.2 Å². The van der Waals surface area contributed by atoms with Crippen molar-refractivity contribution in [3.63, 3.8) is 0 Å². The van der Waals surface area contributed by atoms with Crippen LogP contribution in [0, 0.1) is 17.2 Å². The maximum Gasteiger partial charge on any atom is 0.271 e. The Morgan fingerprint density at radius 3 is 2.65 bits per heavy atom. The van der Waals surface area contributed by atoms with Crippen LogP contribution in [0.15, 0.2) is 41.0 Å². The second kappa shape index (κ2) is 9.06. The number of hydrogen-bond acceptors (Lipinski definition) is 6. The minimum absolute atomic E-state index is 0.0753. The lowest BCUT2D eigenvalue weighted by molar-refractivity contribution is -0.142. The lowest BCUT2D eigenvalue weighted by Crippen LogP contribution is -2.49. The molecule has 1 aromatic rings. The third kappa shape index (κ3) is 5.05. The molecule has 2 aliphatic heterocycles. The molecule has 0 N–H and O–H groups in total. The molecule has 2 amide bonds. The Labute approximate surface area is 182 Å². The van der Waals surface area contributed by atoms with E-state index in [1.807, 2.05) is 12.1 Å². The first kappa shape index (κ1) is 22.8. The van der Waals surface area contributed by atoms with Gasteiger partial charge in [0.2, 0.25) is 0 Å². The Kier molecular flexibility index (Phi) is 6.65. The first-order chi connectivity index (χ1) is 14.6. The molecule has 2 heterocycles. The average Bonchev–Trinajstić information content (AvgIpc) is 3.05. The maximum atomic E-state index is 13.2. The molecule has 0 spiro atoms. The summed E-state index contributed by atoms with van der Waals surface area (Å²) in [4.78, 5) is 26.9. The van der Waals surface area contributed by atoms with Crippen molar-refractivity contribution in [1.29, 1.82) is 5.26 Å². The number of carbonyl (C=O) groups is 2. The van der Waals surface area contributed by atoms with Gasteiger partial charge in [0, 0.05) is 5.57 Å². The largest absolute Gasteiger partial charge is 0.494 e. The molecule has 2 aliphatic rings. The van der Waals surface area contributed by atoms with Crippen LogP contribution in [0.3, 0.4) is 0 Å². The summed E-state index contributed by atoms with van der Waals surface area (Å²) in [7, 11) is -3.31. The quantitative estimate of drug-likeness (QED) is 0.496. The molecule has 0 aliphatic carbocycles. The van der Waals surface area contributed by atoms with Gasteiger partial charge in [0.1, 0.15) is 17.4 Å². The molecule has 1 aromatic carbocycles. The van der Waals surface area contributed by atoms with Gasteiger partial charge in [-0.1, -0.05) is 26.0 Å². The molecule has 0 saturated carbocycles. The third-order valence-electron chi connectivity index (χ3n) is 5.48. The summed E-state index contributed by atoms with van der Waals surface area (Å²) in [6.45, 7) is 6.37. The van der Waals surface area contributed by atoms with Gasteiger partial charge in [-0.2, -0.15) is 5.26 Å². The molecule has 0 radical (unpaired) electrons. The first-order valence-electron chi connectivity index (χ1n) is 10.3. The molecule has 31 heavy (non-hydrogen) atoms. The fraction of sp³-hybridized carbons (Fsp3) is 0.435. The van der Waals surface area contributed by atoms with Gasteiger partial charge in [-0.15, -0.1) is 0 Å². The molecule has 164 valence electrons. The van der Waals surface area contributed by atoms with Gasteiger partial charge >= 0.3 is 0 Å². The number of imide groups is 1. The number of nitriles is 1. The number of hydrogen-bond donors (Lipinski definition) is 0. The van der Waals surface area contributed by atoms with E-state index in [1.165, 1.54) is 0 Å². The molecule has 1 atom stereocenters. The SMILES string of the molecule is CC1=C(C#N)C(=O)N(C2CCS(=O)(=O)C2)C(=O)C1=Cc1cccc(OCCC(C)C)c1. The van der Waals surface area contributed by atoms with Crippen LogP contribution in [0.25, 0.3) is 6.08 Å². The highest BCUT2D eigenvalue weighted by Crippen LogP contribution is 2.31. The zero-order valence-electron chi connectivity index (χ0n) is 17.9. The molecule has 1 fully saturated rings. The van der Waals surface area contributed by atoms with E-state index in [0.29, 0.717) is 29.4 Å². The third-order valence-corrected chi connectivity index (χ3v) is 7.23. The van der Waals surface area contributed by atoms with E-state index in [-0.39, 0.29) is 29.1 Å². The topological polar surface area (TPSA) is 105 Å². The van der Waals surface area contributed by atoms with Crippen molar-refractivity contribution in [2.75, 3.05) is 18.1 Å². The van der Waals surface area contributed by atoms with E-state index < -0.39 is 27.7 Å². The molecule has 0 bridgehead atoms. The number of ether oxygens (including phenoxy) is 1. The number of carbonyl (C=O) groups excluding carboxylic acids is 2. The minimum atomic E-state index is -3.31. The predicted molar refractivity (Wildman–Crippen MR) is 117 cm³/mol. The number of amides is 2. The van der Waals surface area contributed by atoms with E-state index in [2.05, 4.69) is 13.8 Å². The number of sulfone groups is 1. The Hall–Kier alpha value is -2.92. The summed E-state index contributed by atoms with van der Waals surface area (Å²) in [6, 6.07) is 8.36. The van der Waals surface area contributed by atoms with Crippen LogP contribution in [0.2, 0.25) is 0 Å². The fourth-order valence-electron chi connectivity index (χ4n) is 3.68. The van der Waals surface area contributed by atoms with Crippen LogP contribution >= 0.6 is 0 Å². The van der Waals surface area contributed by atoms with E-state index in [4.69, 9.17) is 4.74 Å². The Morgan fingerprint density at radius 1 is 1.29 bits per heavy atom. The van der Waals surface area contributed by atoms with Crippen LogP contribution in [0.5, 0.6) is 5.75 Å². The van der Waals surface area contributed by atoms with Gasteiger partial charge in [-0.3, -0.25) is 14.5 Å². The molecule has 3 rings (SSSR count). The second-order valence-electron chi connectivity index (χ2n) is 8.31. The van der Waals surface area contributed by atoms with Gasteiger partial charge in [-0.25, -0.2) is 8.42 Å². The van der Waals surface area contributed by atoms with E-state index >= 15 is 0 Å². The van der Waals surface area contributed by atoms with Crippen LogP contribution in [0.4, 0.5) is 0 Å². The summed E-state index contributed by atoms with van der Waals surface area (Å²) in [6.07, 6.45) is 2.72. The van der Waals surface area contributed by atoms with Crippen LogP contribution in [-0.2, 0) is 19.4 Å². The van der Waals surface area contributed by atoms with Gasteiger partial charge in [0.25, 0.3) is 11.8 Å². The van der Waals surface area contributed by atoms with Crippen LogP contribution in [-0.4, -0.2) is 49.3 Å². The summed E-state index contributed by atoms with van der Waals surface area (Å²) in [5.74, 6) is -0.465. The maximum absolute atomic E-state index is 13.2. The lowest BCUT2D eigenvalue weighted by Gasteiger charge is -2.31. The van der Waals surface area contributed by atoms with Crippen molar-refractivity contribution in [3.8, 4) is 11.8 Å². The van der Waals surface area contributed by atoms with Crippen LogP contribution in [0.1, 0.15) is 39.2 Å². The molecule has 7 nitrogen and oxygen atoms in total. The molecule has 8 heteroatoms. The van der Waals surface area contributed by atoms with Crippen LogP contribution < -0.4 is 4.74 Å². The molecule has 1 unspecified atom stereocenters. The monoisotopic (exact) mass is 442 g/mol. The summed E-state index contributed by atoms with van der Waals surface area (Å²) < 4.78 is 29.6. The standard InChI is InChI=1S/C23H26N2O5S/c1-15(2)7-9-30-19-6-4-5-17(11-19)12-20-16(3)21(13-24)23(27)25(22(20)26)18-8-10-31(28,29)14-18/h4-6,11-12,15,18H,7-10,14H2,1-3H3. The average molecular weight is 443 g/mol. The van der Waals surface area contributed by atoms with Crippen molar-refractivity contribution in [2.24, 2.45) is 5.92 Å². The molecular formula is C23H26N2O5S. The Morgan fingerprint density at radius 2 is 2.03 bits per heavy atom. The highest BCUT2D eigenvalue weighted by Gasteiger charge is 2.43. The zero-order valence-corrected chi connectivity index (χ0v) is 18.7. The summed E-state index contributed by atoms with van der Waals surface area (Å²) >= 11 is 0. The minimum Gasteiger partial charge on any atom is -0.494 e. The van der Waals surface area contributed by atoms with E-state index in [0.717, 1.165) is 11.3 Å². The summed E-state index contributed by atoms with van der Waals surface area (Å²) in [5, 5.41) is 9.52. The molecule has 0 aromatic heterocycles. The van der Waals surface area contributed by atoms with Crippen molar-refractivity contribution in [3.05, 3.63) is 46.5 Å². The fourth-order valence-corrected chi connectivity index (χ4v) is 5.38. The van der Waals surface area contributed by atoms with Gasteiger partial charge in [0.15, 0.2) is 9.84 Å². The second-order valence-corrected chi connectivity index (χ2v) is 10.5. The first-order valence-corrected chi connectivity index (χ1v) is 12.1. The van der Waals surface area contributed by atoms with Crippen molar-refractivity contribution < 1.29 is 22.7 Å². The normalized spacial score (nSPS) is 22.4. The smallest absolute Gasteiger partial charge is 0.271 e. The molecule has 1 saturated heterocycles. The van der Waals surface area contributed by atoms with Gasteiger partial charge < -0.3 is 4.74 Å². The van der Waals surface area contributed by atoms with Gasteiger partial charge in [-0.05, 0) is 55.0 Å². The Balaban J connectivity index is 1.95. The number of nitrogens with zero attached hydrogens (tertiary/aromatic N) is 2.